The highest BCUT2D eigenvalue weighted by Crippen LogP contribution is 2.40. The van der Waals surface area contributed by atoms with Crippen LogP contribution in [0.3, 0.4) is 0 Å². The first-order valence-corrected chi connectivity index (χ1v) is 9.33. The number of aromatic nitrogens is 2. The number of ketones is 1. The van der Waals surface area contributed by atoms with Crippen LogP contribution in [0.1, 0.15) is 40.7 Å². The van der Waals surface area contributed by atoms with E-state index >= 15 is 0 Å². The first-order valence-electron chi connectivity index (χ1n) is 7.92. The van der Waals surface area contributed by atoms with Crippen LogP contribution in [-0.4, -0.2) is 23.3 Å². The number of hydrogen-bond acceptors (Lipinski definition) is 6. The van der Waals surface area contributed by atoms with Gasteiger partial charge in [-0.3, -0.25) is 14.2 Å². The summed E-state index contributed by atoms with van der Waals surface area (Å²) < 4.78 is 32.1. The van der Waals surface area contributed by atoms with Crippen LogP contribution in [0.5, 0.6) is 5.75 Å². The maximum absolute atomic E-state index is 12.6. The number of carbonyl (C=O) groups excluding carboxylic acids is 1. The lowest BCUT2D eigenvalue weighted by molar-refractivity contribution is 0.0989. The van der Waals surface area contributed by atoms with Crippen LogP contribution in [0.15, 0.2) is 32.8 Å². The Bertz CT molecular complexity index is 1160. The van der Waals surface area contributed by atoms with Crippen molar-refractivity contribution in [3.63, 3.8) is 0 Å². The molecule has 1 aliphatic carbocycles. The van der Waals surface area contributed by atoms with Gasteiger partial charge in [0, 0.05) is 26.7 Å². The largest absolute Gasteiger partial charge is 0.378 e. The Balaban J connectivity index is 2.16. The van der Waals surface area contributed by atoms with Crippen LogP contribution in [0.25, 0.3) is 0 Å². The maximum atomic E-state index is 12.6. The molecule has 3 rings (SSSR count). The highest BCUT2D eigenvalue weighted by atomic mass is 32.2. The molecule has 0 saturated heterocycles. The lowest BCUT2D eigenvalue weighted by Gasteiger charge is -2.13. The smallest absolute Gasteiger partial charge is 0.346 e. The number of benzene rings is 1. The molecule has 1 heterocycles. The van der Waals surface area contributed by atoms with Gasteiger partial charge < -0.3 is 8.75 Å². The fourth-order valence-electron chi connectivity index (χ4n) is 3.29. The molecule has 1 aromatic carbocycles. The zero-order chi connectivity index (χ0) is 19.4. The van der Waals surface area contributed by atoms with Gasteiger partial charge in [0.1, 0.15) is 0 Å². The summed E-state index contributed by atoms with van der Waals surface area (Å²) in [6.07, 6.45) is 1.19. The molecule has 0 amide bonds. The van der Waals surface area contributed by atoms with Gasteiger partial charge in [0.25, 0.3) is 5.56 Å². The summed E-state index contributed by atoms with van der Waals surface area (Å²) in [5.41, 5.74) is 0.227. The van der Waals surface area contributed by atoms with Crippen molar-refractivity contribution in [2.75, 3.05) is 0 Å². The Morgan fingerprint density at radius 3 is 2.46 bits per heavy atom. The number of Topliss-reactive ketones (excluding diaryl/α,β-unsaturated/α-hetero) is 1. The van der Waals surface area contributed by atoms with Crippen LogP contribution >= 0.6 is 0 Å². The van der Waals surface area contributed by atoms with E-state index in [1.165, 1.54) is 20.2 Å². The summed E-state index contributed by atoms with van der Waals surface area (Å²) in [5, 5.41) is 0. The Morgan fingerprint density at radius 2 is 1.81 bits per heavy atom. The maximum Gasteiger partial charge on any atom is 0.346 e. The molecule has 0 unspecified atom stereocenters. The van der Waals surface area contributed by atoms with E-state index in [0.29, 0.717) is 4.57 Å². The number of rotatable bonds is 3. The van der Waals surface area contributed by atoms with Crippen molar-refractivity contribution < 1.29 is 17.4 Å². The Hall–Kier alpha value is -2.68. The molecule has 9 heteroatoms. The van der Waals surface area contributed by atoms with Crippen molar-refractivity contribution in [3.8, 4) is 5.75 Å². The molecule has 0 bridgehead atoms. The zero-order valence-corrected chi connectivity index (χ0v) is 15.6. The summed E-state index contributed by atoms with van der Waals surface area (Å²) in [7, 11) is -2.02. The third-order valence-corrected chi connectivity index (χ3v) is 5.79. The molecular formula is C17H18N2O6S. The van der Waals surface area contributed by atoms with Crippen molar-refractivity contribution in [3.05, 3.63) is 55.9 Å². The minimum atomic E-state index is -4.53. The average Bonchev–Trinajstić information content (AvgIpc) is 2.87. The molecule has 1 atom stereocenters. The van der Waals surface area contributed by atoms with Crippen LogP contribution in [0.2, 0.25) is 0 Å². The van der Waals surface area contributed by atoms with Crippen molar-refractivity contribution in [2.45, 2.75) is 31.1 Å². The highest BCUT2D eigenvalue weighted by molar-refractivity contribution is 7.87. The molecule has 0 saturated carbocycles. The van der Waals surface area contributed by atoms with Crippen molar-refractivity contribution >= 4 is 15.9 Å². The first kappa shape index (κ1) is 18.1. The monoisotopic (exact) mass is 378 g/mol. The van der Waals surface area contributed by atoms with Gasteiger partial charge in [-0.05, 0) is 30.0 Å². The minimum Gasteiger partial charge on any atom is -0.378 e. The number of carbonyl (C=O) groups is 1. The summed E-state index contributed by atoms with van der Waals surface area (Å²) >= 11 is 0. The molecule has 0 fully saturated rings. The molecule has 0 radical (unpaired) electrons. The molecule has 8 nitrogen and oxygen atoms in total. The van der Waals surface area contributed by atoms with Crippen LogP contribution in [-0.2, 0) is 24.2 Å². The molecule has 0 aliphatic heterocycles. The third-order valence-electron chi connectivity index (χ3n) is 4.57. The zero-order valence-electron chi connectivity index (χ0n) is 14.8. The first-order chi connectivity index (χ1) is 12.0. The SMILES string of the molecule is Cc1ccc(OS(=O)(=O)c2cn(C)c(=O)n(C)c2=O)c2c1[C@H](C)CC2=O. The van der Waals surface area contributed by atoms with Gasteiger partial charge in [-0.1, -0.05) is 13.0 Å². The number of hydrogen-bond donors (Lipinski definition) is 0. The Morgan fingerprint density at radius 1 is 1.15 bits per heavy atom. The van der Waals surface area contributed by atoms with Gasteiger partial charge in [0.2, 0.25) is 0 Å². The van der Waals surface area contributed by atoms with Gasteiger partial charge in [-0.2, -0.15) is 8.42 Å². The van der Waals surface area contributed by atoms with Gasteiger partial charge >= 0.3 is 15.8 Å². The Labute approximate surface area is 149 Å². The average molecular weight is 378 g/mol. The predicted octanol–water partition coefficient (Wildman–Crippen LogP) is 0.850. The Kier molecular flexibility index (Phi) is 4.14. The molecule has 0 N–H and O–H groups in total. The van der Waals surface area contributed by atoms with Gasteiger partial charge in [0.15, 0.2) is 16.4 Å². The van der Waals surface area contributed by atoms with Crippen LogP contribution in [0.4, 0.5) is 0 Å². The molecule has 2 aromatic rings. The molecule has 26 heavy (non-hydrogen) atoms. The number of fused-ring (bicyclic) bond motifs is 1. The van der Waals surface area contributed by atoms with Crippen molar-refractivity contribution in [1.82, 2.24) is 9.13 Å². The van der Waals surface area contributed by atoms with Gasteiger partial charge in [-0.25, -0.2) is 4.79 Å². The quantitative estimate of drug-likeness (QED) is 0.734. The van der Waals surface area contributed by atoms with Crippen LogP contribution in [0, 0.1) is 6.92 Å². The van der Waals surface area contributed by atoms with E-state index < -0.39 is 26.3 Å². The number of aryl methyl sites for hydroxylation is 2. The van der Waals surface area contributed by atoms with E-state index in [2.05, 4.69) is 0 Å². The van der Waals surface area contributed by atoms with E-state index in [4.69, 9.17) is 4.18 Å². The minimum absolute atomic E-state index is 0.0332. The molecule has 0 spiro atoms. The molecule has 138 valence electrons. The topological polar surface area (TPSA) is 104 Å². The second-order valence-corrected chi connectivity index (χ2v) is 8.00. The highest BCUT2D eigenvalue weighted by Gasteiger charge is 2.33. The number of nitrogens with zero attached hydrogens (tertiary/aromatic N) is 2. The summed E-state index contributed by atoms with van der Waals surface area (Å²) in [6.45, 7) is 3.73. The molecule has 1 aromatic heterocycles. The van der Waals surface area contributed by atoms with E-state index in [1.807, 2.05) is 13.8 Å². The predicted molar refractivity (Wildman–Crippen MR) is 93.3 cm³/mol. The summed E-state index contributed by atoms with van der Waals surface area (Å²) in [6, 6.07) is 3.09. The summed E-state index contributed by atoms with van der Waals surface area (Å²) in [4.78, 5) is 35.6. The lowest BCUT2D eigenvalue weighted by atomic mass is 9.98. The van der Waals surface area contributed by atoms with Gasteiger partial charge in [-0.15, -0.1) is 0 Å². The normalized spacial score (nSPS) is 16.6. The second kappa shape index (κ2) is 5.94. The van der Waals surface area contributed by atoms with Crippen molar-refractivity contribution in [2.24, 2.45) is 14.1 Å². The van der Waals surface area contributed by atoms with Gasteiger partial charge in [0.05, 0.1) is 5.56 Å². The second-order valence-electron chi connectivity index (χ2n) is 6.49. The fourth-order valence-corrected chi connectivity index (χ4v) is 4.39. The van der Waals surface area contributed by atoms with E-state index in [-0.39, 0.29) is 29.4 Å². The molecule has 1 aliphatic rings. The summed E-state index contributed by atoms with van der Waals surface area (Å²) in [5.74, 6) is -0.334. The van der Waals surface area contributed by atoms with E-state index in [0.717, 1.165) is 21.9 Å². The van der Waals surface area contributed by atoms with Crippen LogP contribution < -0.4 is 15.4 Å². The van der Waals surface area contributed by atoms with E-state index in [9.17, 15) is 22.8 Å². The van der Waals surface area contributed by atoms with E-state index in [1.54, 1.807) is 6.07 Å². The fraction of sp³-hybridized carbons (Fsp3) is 0.353. The molecular weight excluding hydrogens is 360 g/mol. The van der Waals surface area contributed by atoms with Crippen molar-refractivity contribution in [1.29, 1.82) is 0 Å². The standard InChI is InChI=1S/C17H18N2O6S/c1-9-5-6-12(15-11(20)7-10(2)14(9)15)25-26(23,24)13-8-18(3)17(22)19(4)16(13)21/h5-6,8,10H,7H2,1-4H3/t10-/m1/s1. The third kappa shape index (κ3) is 2.68. The lowest BCUT2D eigenvalue weighted by Crippen LogP contribution is -2.39.